The van der Waals surface area contributed by atoms with Crippen molar-refractivity contribution in [3.05, 3.63) is 62.4 Å². The first-order valence-electron chi connectivity index (χ1n) is 10.2. The molecule has 0 radical (unpaired) electrons. The Labute approximate surface area is 188 Å². The molecular weight excluding hydrogens is 430 g/mol. The minimum atomic E-state index is -0.665. The van der Waals surface area contributed by atoms with E-state index in [1.807, 2.05) is 20.8 Å². The molecule has 0 saturated heterocycles. The quantitative estimate of drug-likeness (QED) is 0.446. The molecule has 4 N–H and O–H groups in total. The number of amides is 2. The van der Waals surface area contributed by atoms with Crippen molar-refractivity contribution in [2.75, 3.05) is 11.1 Å². The second-order valence-corrected chi connectivity index (χ2v) is 8.58. The van der Waals surface area contributed by atoms with Crippen molar-refractivity contribution in [3.8, 4) is 0 Å². The van der Waals surface area contributed by atoms with Crippen LogP contribution in [-0.4, -0.2) is 32.1 Å². The third-order valence-corrected chi connectivity index (χ3v) is 5.85. The summed E-state index contributed by atoms with van der Waals surface area (Å²) in [7, 11) is 0. The summed E-state index contributed by atoms with van der Waals surface area (Å²) >= 11 is 1.20. The fourth-order valence-corrected chi connectivity index (χ4v) is 3.98. The number of nitrogens with two attached hydrogens (primary N) is 1. The van der Waals surface area contributed by atoms with Crippen LogP contribution in [0.2, 0.25) is 0 Å². The molecule has 2 heterocycles. The van der Waals surface area contributed by atoms with Crippen LogP contribution < -0.4 is 22.3 Å². The lowest BCUT2D eigenvalue weighted by Crippen LogP contribution is -2.32. The zero-order valence-electron chi connectivity index (χ0n) is 18.1. The highest BCUT2D eigenvalue weighted by Crippen LogP contribution is 2.28. The van der Waals surface area contributed by atoms with Gasteiger partial charge in [-0.2, -0.15) is 0 Å². The van der Waals surface area contributed by atoms with Crippen molar-refractivity contribution in [2.45, 2.75) is 44.6 Å². The topological polar surface area (TPSA) is 140 Å². The number of carbonyl (C=O) groups is 2. The van der Waals surface area contributed by atoms with E-state index < -0.39 is 23.1 Å². The number of anilines is 1. The van der Waals surface area contributed by atoms with Gasteiger partial charge in [-0.15, -0.1) is 11.8 Å². The smallest absolute Gasteiger partial charge is 0.329 e. The molecule has 0 unspecified atom stereocenters. The molecule has 2 aromatic heterocycles. The van der Waals surface area contributed by atoms with E-state index in [0.717, 1.165) is 0 Å². The average molecular weight is 456 g/mol. The number of nitrogens with zero attached hydrogens (tertiary/aromatic N) is 2. The van der Waals surface area contributed by atoms with Gasteiger partial charge >= 0.3 is 5.69 Å². The number of aryl methyl sites for hydroxylation is 1. The average Bonchev–Trinajstić information content (AvgIpc) is 2.74. The van der Waals surface area contributed by atoms with E-state index in [9.17, 15) is 19.2 Å². The Morgan fingerprint density at radius 2 is 1.97 bits per heavy atom. The van der Waals surface area contributed by atoms with Gasteiger partial charge in [0.15, 0.2) is 5.65 Å². The number of para-hydroxylation sites is 1. The van der Waals surface area contributed by atoms with E-state index in [1.165, 1.54) is 16.3 Å². The number of thioether (sulfide) groups is 1. The van der Waals surface area contributed by atoms with Crippen molar-refractivity contribution < 1.29 is 9.59 Å². The minimum absolute atomic E-state index is 0.0335. The Bertz CT molecular complexity index is 1300. The van der Waals surface area contributed by atoms with Crippen LogP contribution in [0.1, 0.15) is 49.2 Å². The van der Waals surface area contributed by atoms with Crippen LogP contribution in [0.4, 0.5) is 5.69 Å². The van der Waals surface area contributed by atoms with E-state index in [1.54, 1.807) is 30.3 Å². The predicted octanol–water partition coefficient (Wildman–Crippen LogP) is 2.45. The second kappa shape index (κ2) is 9.82. The lowest BCUT2D eigenvalue weighted by Gasteiger charge is -2.15. The first kappa shape index (κ1) is 23.3. The fraction of sp³-hybridized carbons (Fsp3) is 0.318. The normalized spacial score (nSPS) is 11.1. The summed E-state index contributed by atoms with van der Waals surface area (Å²) in [5, 5.41) is 2.88. The molecule has 2 amide bonds. The van der Waals surface area contributed by atoms with Crippen molar-refractivity contribution in [2.24, 2.45) is 5.73 Å². The van der Waals surface area contributed by atoms with E-state index in [0.29, 0.717) is 29.2 Å². The van der Waals surface area contributed by atoms with Gasteiger partial charge in [-0.05, 0) is 30.5 Å². The number of primary amides is 1. The molecule has 9 nitrogen and oxygen atoms in total. The van der Waals surface area contributed by atoms with E-state index in [4.69, 9.17) is 5.73 Å². The second-order valence-electron chi connectivity index (χ2n) is 7.56. The van der Waals surface area contributed by atoms with Crippen molar-refractivity contribution in [1.29, 1.82) is 0 Å². The van der Waals surface area contributed by atoms with Crippen molar-refractivity contribution >= 4 is 40.3 Å². The van der Waals surface area contributed by atoms with Crippen LogP contribution in [0.3, 0.4) is 0 Å². The summed E-state index contributed by atoms with van der Waals surface area (Å²) in [6.45, 7) is 6.10. The van der Waals surface area contributed by atoms with Gasteiger partial charge in [-0.1, -0.05) is 32.9 Å². The van der Waals surface area contributed by atoms with Gasteiger partial charge in [-0.3, -0.25) is 23.9 Å². The number of carbonyl (C=O) groups excluding carboxylic acids is 2. The van der Waals surface area contributed by atoms with Crippen LogP contribution in [0, 0.1) is 0 Å². The molecular formula is C22H25N5O4S. The minimum Gasteiger partial charge on any atom is -0.369 e. The van der Waals surface area contributed by atoms with E-state index in [-0.39, 0.29) is 28.3 Å². The van der Waals surface area contributed by atoms with Gasteiger partial charge in [0.25, 0.3) is 11.5 Å². The number of nitrogens with one attached hydrogen (secondary N) is 2. The Morgan fingerprint density at radius 3 is 2.62 bits per heavy atom. The van der Waals surface area contributed by atoms with Crippen molar-refractivity contribution in [3.63, 3.8) is 0 Å². The van der Waals surface area contributed by atoms with E-state index in [2.05, 4.69) is 15.3 Å². The maximum atomic E-state index is 13.3. The summed E-state index contributed by atoms with van der Waals surface area (Å²) in [5.41, 5.74) is 5.40. The predicted molar refractivity (Wildman–Crippen MR) is 125 cm³/mol. The molecule has 0 fully saturated rings. The molecule has 0 atom stereocenters. The Balaban J connectivity index is 2.15. The molecule has 0 saturated carbocycles. The molecule has 1 aromatic carbocycles. The number of hydrogen-bond donors (Lipinski definition) is 3. The van der Waals surface area contributed by atoms with Gasteiger partial charge in [-0.25, -0.2) is 9.78 Å². The molecule has 10 heteroatoms. The molecule has 0 aliphatic carbocycles. The van der Waals surface area contributed by atoms with Gasteiger partial charge in [0.1, 0.15) is 0 Å². The van der Waals surface area contributed by atoms with Crippen LogP contribution in [-0.2, 0) is 11.3 Å². The third-order valence-electron chi connectivity index (χ3n) is 4.76. The Morgan fingerprint density at radius 1 is 1.25 bits per heavy atom. The van der Waals surface area contributed by atoms with Gasteiger partial charge in [0.2, 0.25) is 5.91 Å². The number of pyridine rings is 1. The van der Waals surface area contributed by atoms with E-state index >= 15 is 0 Å². The Kier molecular flexibility index (Phi) is 7.14. The standard InChI is InChI=1S/C22H25N5O4S/c1-4-9-27-19-18(21(30)26-22(27)31)13(10-15(24-19)12(2)3)20(29)25-14-7-5-6-8-16(14)32-11-17(23)28/h5-8,10,12H,4,9,11H2,1-3H3,(H2,23,28)(H,25,29)(H,26,30,31). The zero-order valence-corrected chi connectivity index (χ0v) is 18.9. The number of fused-ring (bicyclic) bond motifs is 1. The number of benzene rings is 1. The van der Waals surface area contributed by atoms with Gasteiger partial charge in [0, 0.05) is 17.1 Å². The number of aromatic nitrogens is 3. The molecule has 0 bridgehead atoms. The number of H-pyrrole nitrogens is 1. The van der Waals surface area contributed by atoms with Crippen LogP contribution >= 0.6 is 11.8 Å². The highest BCUT2D eigenvalue weighted by Gasteiger charge is 2.21. The summed E-state index contributed by atoms with van der Waals surface area (Å²) in [6.07, 6.45) is 0.653. The zero-order chi connectivity index (χ0) is 23.4. The highest BCUT2D eigenvalue weighted by molar-refractivity contribution is 8.00. The summed E-state index contributed by atoms with van der Waals surface area (Å²) < 4.78 is 1.38. The summed E-state index contributed by atoms with van der Waals surface area (Å²) in [5.74, 6) is -0.961. The van der Waals surface area contributed by atoms with Gasteiger partial charge in [0.05, 0.1) is 22.4 Å². The fourth-order valence-electron chi connectivity index (χ4n) is 3.23. The molecule has 0 aliphatic rings. The lowest BCUT2D eigenvalue weighted by molar-refractivity contribution is -0.115. The van der Waals surface area contributed by atoms with Crippen LogP contribution in [0.5, 0.6) is 0 Å². The largest absolute Gasteiger partial charge is 0.369 e. The molecule has 168 valence electrons. The lowest BCUT2D eigenvalue weighted by atomic mass is 10.0. The molecule has 32 heavy (non-hydrogen) atoms. The van der Waals surface area contributed by atoms with Gasteiger partial charge < -0.3 is 11.1 Å². The molecule has 3 aromatic rings. The monoisotopic (exact) mass is 455 g/mol. The SMILES string of the molecule is CCCn1c(=O)[nH]c(=O)c2c(C(=O)Nc3ccccc3SCC(N)=O)cc(C(C)C)nc21. The number of rotatable bonds is 8. The maximum absolute atomic E-state index is 13.3. The molecule has 0 spiro atoms. The molecule has 3 rings (SSSR count). The first-order chi connectivity index (χ1) is 15.2. The maximum Gasteiger partial charge on any atom is 0.329 e. The van der Waals surface area contributed by atoms with Crippen LogP contribution in [0.15, 0.2) is 44.8 Å². The van der Waals surface area contributed by atoms with Crippen LogP contribution in [0.25, 0.3) is 11.0 Å². The van der Waals surface area contributed by atoms with Crippen molar-refractivity contribution in [1.82, 2.24) is 14.5 Å². The molecule has 0 aliphatic heterocycles. The summed E-state index contributed by atoms with van der Waals surface area (Å²) in [6, 6.07) is 8.58. The number of hydrogen-bond acceptors (Lipinski definition) is 6. The first-order valence-corrected chi connectivity index (χ1v) is 11.2. The summed E-state index contributed by atoms with van der Waals surface area (Å²) in [4.78, 5) is 57.1. The third kappa shape index (κ3) is 4.91. The number of aromatic amines is 1. The highest BCUT2D eigenvalue weighted by atomic mass is 32.2. The Hall–Kier alpha value is -3.40.